The van der Waals surface area contributed by atoms with Gasteiger partial charge in [-0.25, -0.2) is 9.69 Å². The van der Waals surface area contributed by atoms with Crippen molar-refractivity contribution < 1.29 is 23.9 Å². The number of amides is 4. The fraction of sp³-hybridized carbons (Fsp3) is 0.0741. The van der Waals surface area contributed by atoms with E-state index >= 15 is 0 Å². The molecule has 1 saturated heterocycles. The zero-order chi connectivity index (χ0) is 25.7. The van der Waals surface area contributed by atoms with E-state index in [1.54, 1.807) is 42.5 Å². The lowest BCUT2D eigenvalue weighted by molar-refractivity contribution is -0.122. The monoisotopic (exact) mass is 608 g/mol. The third-order valence-corrected chi connectivity index (χ3v) is 6.12. The van der Waals surface area contributed by atoms with E-state index in [-0.39, 0.29) is 17.9 Å². The lowest BCUT2D eigenvalue weighted by Crippen LogP contribution is -2.54. The molecule has 0 aliphatic carbocycles. The molecular weight excluding hydrogens is 592 g/mol. The minimum atomic E-state index is -0.844. The number of imide groups is 2. The van der Waals surface area contributed by atoms with Crippen LogP contribution in [0.4, 0.5) is 10.5 Å². The smallest absolute Gasteiger partial charge is 0.335 e. The molecule has 3 aromatic rings. The number of ether oxygens (including phenoxy) is 2. The van der Waals surface area contributed by atoms with Crippen molar-refractivity contribution in [2.24, 2.45) is 0 Å². The molecule has 0 unspecified atom stereocenters. The van der Waals surface area contributed by atoms with Gasteiger partial charge in [0.25, 0.3) is 11.8 Å². The Balaban J connectivity index is 1.56. The third-order valence-electron chi connectivity index (χ3n) is 5.10. The first-order valence-corrected chi connectivity index (χ1v) is 12.2. The van der Waals surface area contributed by atoms with Crippen LogP contribution < -0.4 is 19.7 Å². The van der Waals surface area contributed by atoms with E-state index in [9.17, 15) is 14.4 Å². The van der Waals surface area contributed by atoms with Gasteiger partial charge in [-0.3, -0.25) is 14.9 Å². The number of hydrogen-bond donors (Lipinski definition) is 1. The van der Waals surface area contributed by atoms with E-state index in [0.717, 1.165) is 14.9 Å². The molecule has 180 valence electrons. The number of nitrogens with zero attached hydrogens (tertiary/aromatic N) is 1. The summed E-state index contributed by atoms with van der Waals surface area (Å²) in [6, 6.07) is 18.4. The second kappa shape index (κ2) is 11.2. The molecule has 3 aromatic carbocycles. The Morgan fingerprint density at radius 3 is 2.31 bits per heavy atom. The van der Waals surface area contributed by atoms with E-state index in [0.29, 0.717) is 28.1 Å². The summed E-state index contributed by atoms with van der Waals surface area (Å²) in [5.74, 6) is 1.74. The highest BCUT2D eigenvalue weighted by Crippen LogP contribution is 2.29. The number of halogens is 2. The average molecular weight is 610 g/mol. The summed E-state index contributed by atoms with van der Waals surface area (Å²) in [7, 11) is 0. The molecular formula is C27H18Br2N2O5. The first kappa shape index (κ1) is 25.2. The predicted molar refractivity (Wildman–Crippen MR) is 142 cm³/mol. The second-order valence-corrected chi connectivity index (χ2v) is 9.37. The van der Waals surface area contributed by atoms with Crippen molar-refractivity contribution in [3.63, 3.8) is 0 Å². The number of carbonyl (C=O) groups excluding carboxylic acids is 3. The minimum Gasteiger partial charge on any atom is -0.489 e. The summed E-state index contributed by atoms with van der Waals surface area (Å²) in [6.07, 6.45) is 6.64. The maximum atomic E-state index is 13.2. The molecule has 1 N–H and O–H groups in total. The van der Waals surface area contributed by atoms with Crippen LogP contribution in [0.3, 0.4) is 0 Å². The van der Waals surface area contributed by atoms with Gasteiger partial charge in [-0.2, -0.15) is 0 Å². The van der Waals surface area contributed by atoms with Gasteiger partial charge in [0.2, 0.25) is 0 Å². The Bertz CT molecular complexity index is 1390. The standard InChI is InChI=1S/C27H18Br2N2O5/c1-2-13-35-24-12-7-20(29)14-18(24)15-23-25(32)30-27(34)31(26(23)33)21-8-10-22(11-9-21)36-16-17-3-5-19(28)6-4-17/h1,3-12,14-15H,13,16H2,(H,30,32,34)/b23-15+. The Labute approximate surface area is 224 Å². The first-order chi connectivity index (χ1) is 17.4. The molecule has 0 bridgehead atoms. The van der Waals surface area contributed by atoms with Crippen LogP contribution >= 0.6 is 31.9 Å². The number of benzene rings is 3. The molecule has 9 heteroatoms. The molecule has 1 heterocycles. The average Bonchev–Trinajstić information content (AvgIpc) is 2.86. The lowest BCUT2D eigenvalue weighted by Gasteiger charge is -2.26. The summed E-state index contributed by atoms with van der Waals surface area (Å²) in [6.45, 7) is 0.368. The van der Waals surface area contributed by atoms with Crippen LogP contribution in [-0.2, 0) is 16.2 Å². The molecule has 0 spiro atoms. The van der Waals surface area contributed by atoms with E-state index in [1.165, 1.54) is 6.08 Å². The summed E-state index contributed by atoms with van der Waals surface area (Å²) in [5, 5.41) is 2.21. The largest absolute Gasteiger partial charge is 0.489 e. The fourth-order valence-corrected chi connectivity index (χ4v) is 4.01. The van der Waals surface area contributed by atoms with Gasteiger partial charge in [-0.05, 0) is 66.2 Å². The molecule has 36 heavy (non-hydrogen) atoms. The fourth-order valence-electron chi connectivity index (χ4n) is 3.37. The van der Waals surface area contributed by atoms with Gasteiger partial charge in [-0.15, -0.1) is 6.42 Å². The molecule has 1 aliphatic heterocycles. The highest BCUT2D eigenvalue weighted by Gasteiger charge is 2.37. The Kier molecular flexibility index (Phi) is 7.88. The van der Waals surface area contributed by atoms with Gasteiger partial charge in [0.1, 0.15) is 30.3 Å². The van der Waals surface area contributed by atoms with Crippen molar-refractivity contribution in [2.45, 2.75) is 6.61 Å². The SMILES string of the molecule is C#CCOc1ccc(Br)cc1/C=C1\C(=O)NC(=O)N(c2ccc(OCc3ccc(Br)cc3)cc2)C1=O. The highest BCUT2D eigenvalue weighted by atomic mass is 79.9. The van der Waals surface area contributed by atoms with Crippen molar-refractivity contribution in [2.75, 3.05) is 11.5 Å². The number of urea groups is 1. The van der Waals surface area contributed by atoms with Crippen molar-refractivity contribution in [3.8, 4) is 23.8 Å². The Morgan fingerprint density at radius 2 is 1.61 bits per heavy atom. The van der Waals surface area contributed by atoms with E-state index in [1.807, 2.05) is 24.3 Å². The second-order valence-electron chi connectivity index (χ2n) is 7.54. The van der Waals surface area contributed by atoms with Gasteiger partial charge < -0.3 is 9.47 Å². The maximum absolute atomic E-state index is 13.2. The molecule has 4 rings (SSSR count). The number of anilines is 1. The summed E-state index contributed by atoms with van der Waals surface area (Å²) in [4.78, 5) is 39.2. The molecule has 7 nitrogen and oxygen atoms in total. The number of barbiturate groups is 1. The van der Waals surface area contributed by atoms with Gasteiger partial charge in [0, 0.05) is 14.5 Å². The van der Waals surface area contributed by atoms with Crippen LogP contribution in [0.1, 0.15) is 11.1 Å². The number of terminal acetylenes is 1. The molecule has 0 atom stereocenters. The zero-order valence-electron chi connectivity index (χ0n) is 18.7. The van der Waals surface area contributed by atoms with Crippen LogP contribution in [0, 0.1) is 12.3 Å². The molecule has 0 saturated carbocycles. The highest BCUT2D eigenvalue weighted by molar-refractivity contribution is 9.10. The van der Waals surface area contributed by atoms with Crippen molar-refractivity contribution in [1.82, 2.24) is 5.32 Å². The molecule has 0 radical (unpaired) electrons. The quantitative estimate of drug-likeness (QED) is 0.218. The molecule has 4 amide bonds. The first-order valence-electron chi connectivity index (χ1n) is 10.6. The third kappa shape index (κ3) is 5.85. The summed E-state index contributed by atoms with van der Waals surface area (Å²) in [5.41, 5.74) is 1.49. The molecule has 0 aromatic heterocycles. The maximum Gasteiger partial charge on any atom is 0.335 e. The van der Waals surface area contributed by atoms with Crippen LogP contribution in [0.15, 0.2) is 81.2 Å². The number of nitrogens with one attached hydrogen (secondary N) is 1. The normalized spacial score (nSPS) is 14.4. The molecule has 1 aliphatic rings. The van der Waals surface area contributed by atoms with Crippen molar-refractivity contribution in [3.05, 3.63) is 92.4 Å². The van der Waals surface area contributed by atoms with Gasteiger partial charge in [0.05, 0.1) is 5.69 Å². The minimum absolute atomic E-state index is 0.0127. The van der Waals surface area contributed by atoms with Crippen molar-refractivity contribution in [1.29, 1.82) is 0 Å². The van der Waals surface area contributed by atoms with Crippen LogP contribution in [-0.4, -0.2) is 24.5 Å². The van der Waals surface area contributed by atoms with Crippen molar-refractivity contribution >= 4 is 61.5 Å². The Morgan fingerprint density at radius 1 is 0.917 bits per heavy atom. The van der Waals surface area contributed by atoms with E-state index in [2.05, 4.69) is 43.1 Å². The van der Waals surface area contributed by atoms with Gasteiger partial charge in [-0.1, -0.05) is 49.9 Å². The Hall–Kier alpha value is -3.87. The van der Waals surface area contributed by atoms with Crippen LogP contribution in [0.2, 0.25) is 0 Å². The van der Waals surface area contributed by atoms with E-state index < -0.39 is 17.8 Å². The number of carbonyl (C=O) groups is 3. The topological polar surface area (TPSA) is 84.9 Å². The van der Waals surface area contributed by atoms with Gasteiger partial charge >= 0.3 is 6.03 Å². The number of hydrogen-bond acceptors (Lipinski definition) is 5. The summed E-state index contributed by atoms with van der Waals surface area (Å²) >= 11 is 6.76. The van der Waals surface area contributed by atoms with Gasteiger partial charge in [0.15, 0.2) is 0 Å². The lowest BCUT2D eigenvalue weighted by atomic mass is 10.1. The van der Waals surface area contributed by atoms with E-state index in [4.69, 9.17) is 15.9 Å². The number of rotatable bonds is 7. The zero-order valence-corrected chi connectivity index (χ0v) is 21.8. The van der Waals surface area contributed by atoms with Crippen LogP contribution in [0.25, 0.3) is 6.08 Å². The van der Waals surface area contributed by atoms with Crippen LogP contribution in [0.5, 0.6) is 11.5 Å². The predicted octanol–water partition coefficient (Wildman–Crippen LogP) is 5.47. The molecule has 1 fully saturated rings. The summed E-state index contributed by atoms with van der Waals surface area (Å²) < 4.78 is 13.0.